The van der Waals surface area contributed by atoms with Crippen LogP contribution in [0.15, 0.2) is 51.9 Å². The minimum Gasteiger partial charge on any atom is -0.310 e. The zero-order valence-corrected chi connectivity index (χ0v) is 9.97. The van der Waals surface area contributed by atoms with E-state index in [4.69, 9.17) is 5.84 Å². The van der Waals surface area contributed by atoms with Crippen LogP contribution in [-0.4, -0.2) is 22.5 Å². The van der Waals surface area contributed by atoms with E-state index in [2.05, 4.69) is 34.1 Å². The monoisotopic (exact) mass is 244 g/mol. The summed E-state index contributed by atoms with van der Waals surface area (Å²) in [6, 6.07) is 2.09. The fraction of sp³-hybridized carbons (Fsp3) is 0.0833. The highest BCUT2D eigenvalue weighted by Gasteiger charge is 2.22. The Morgan fingerprint density at radius 3 is 3.18 bits per heavy atom. The molecule has 3 rings (SSSR count). The molecule has 1 aromatic heterocycles. The largest absolute Gasteiger partial charge is 0.310 e. The van der Waals surface area contributed by atoms with Crippen molar-refractivity contribution >= 4 is 23.2 Å². The molecule has 86 valence electrons. The standard InChI is InChI=1S/C12H12N4S/c13-16-9-15-6-1-2-11(12(15)14-16)4-3-10-5-7-17-8-10/h1-8H,9,13H2/b4-3+. The number of hydrogen-bond donors (Lipinski definition) is 1. The molecule has 0 atom stereocenters. The number of nitrogens with zero attached hydrogens (tertiary/aromatic N) is 3. The molecule has 17 heavy (non-hydrogen) atoms. The van der Waals surface area contributed by atoms with Crippen LogP contribution >= 0.6 is 11.3 Å². The molecule has 0 unspecified atom stereocenters. The Kier molecular flexibility index (Phi) is 2.55. The SMILES string of the molecule is NN1CN2C=CC=C(/C=C/c3ccsc3)C2=N1. The molecular formula is C12H12N4S. The van der Waals surface area contributed by atoms with Gasteiger partial charge >= 0.3 is 0 Å². The summed E-state index contributed by atoms with van der Waals surface area (Å²) in [5.74, 6) is 6.57. The topological polar surface area (TPSA) is 44.9 Å². The van der Waals surface area contributed by atoms with Crippen LogP contribution in [0.1, 0.15) is 5.56 Å². The summed E-state index contributed by atoms with van der Waals surface area (Å²) < 4.78 is 0. The maximum atomic E-state index is 5.67. The van der Waals surface area contributed by atoms with Gasteiger partial charge in [0.05, 0.1) is 0 Å². The molecule has 0 aromatic carbocycles. The van der Waals surface area contributed by atoms with Gasteiger partial charge in [-0.3, -0.25) is 0 Å². The minimum atomic E-state index is 0.607. The number of rotatable bonds is 2. The second-order valence-corrected chi connectivity index (χ2v) is 4.61. The third-order valence-electron chi connectivity index (χ3n) is 2.59. The van der Waals surface area contributed by atoms with Gasteiger partial charge in [0.15, 0.2) is 5.84 Å². The first kappa shape index (κ1) is 10.3. The van der Waals surface area contributed by atoms with Crippen LogP contribution in [0.25, 0.3) is 6.08 Å². The van der Waals surface area contributed by atoms with E-state index in [1.807, 2.05) is 23.3 Å². The van der Waals surface area contributed by atoms with E-state index >= 15 is 0 Å². The molecular weight excluding hydrogens is 232 g/mol. The van der Waals surface area contributed by atoms with Crippen LogP contribution in [-0.2, 0) is 0 Å². The Morgan fingerprint density at radius 1 is 1.41 bits per heavy atom. The van der Waals surface area contributed by atoms with Gasteiger partial charge in [-0.05, 0) is 34.5 Å². The van der Waals surface area contributed by atoms with E-state index in [0.29, 0.717) is 6.67 Å². The number of allylic oxidation sites excluding steroid dienone is 2. The predicted molar refractivity (Wildman–Crippen MR) is 70.7 cm³/mol. The number of hydrazone groups is 1. The van der Waals surface area contributed by atoms with E-state index in [-0.39, 0.29) is 0 Å². The second kappa shape index (κ2) is 4.20. The van der Waals surface area contributed by atoms with Gasteiger partial charge in [0.1, 0.15) is 6.67 Å². The van der Waals surface area contributed by atoms with Crippen LogP contribution in [0.2, 0.25) is 0 Å². The van der Waals surface area contributed by atoms with Gasteiger partial charge in [-0.15, -0.1) is 5.10 Å². The molecule has 1 aromatic rings. The van der Waals surface area contributed by atoms with Gasteiger partial charge in [-0.2, -0.15) is 11.3 Å². The lowest BCUT2D eigenvalue weighted by Crippen LogP contribution is -2.30. The van der Waals surface area contributed by atoms with Crippen LogP contribution in [0.3, 0.4) is 0 Å². The fourth-order valence-corrected chi connectivity index (χ4v) is 2.41. The summed E-state index contributed by atoms with van der Waals surface area (Å²) >= 11 is 1.69. The number of hydrazine groups is 1. The van der Waals surface area contributed by atoms with Crippen molar-refractivity contribution in [3.05, 3.63) is 52.4 Å². The van der Waals surface area contributed by atoms with Crippen molar-refractivity contribution < 1.29 is 0 Å². The smallest absolute Gasteiger partial charge is 0.163 e. The summed E-state index contributed by atoms with van der Waals surface area (Å²) in [6.45, 7) is 0.607. The molecule has 0 radical (unpaired) electrons. The molecule has 0 spiro atoms. The Bertz CT molecular complexity index is 525. The van der Waals surface area contributed by atoms with Crippen molar-refractivity contribution in [3.8, 4) is 0 Å². The second-order valence-electron chi connectivity index (χ2n) is 3.83. The molecule has 3 heterocycles. The Morgan fingerprint density at radius 2 is 2.35 bits per heavy atom. The molecule has 0 saturated heterocycles. The van der Waals surface area contributed by atoms with Gasteiger partial charge < -0.3 is 4.90 Å². The Hall–Kier alpha value is -1.85. The van der Waals surface area contributed by atoms with Crippen LogP contribution < -0.4 is 5.84 Å². The predicted octanol–water partition coefficient (Wildman–Crippen LogP) is 1.98. The van der Waals surface area contributed by atoms with Gasteiger partial charge in [-0.25, -0.2) is 11.0 Å². The normalized spacial score (nSPS) is 18.6. The Labute approximate surface area is 104 Å². The molecule has 0 amide bonds. The first-order valence-electron chi connectivity index (χ1n) is 5.29. The van der Waals surface area contributed by atoms with Crippen molar-refractivity contribution in [2.75, 3.05) is 6.67 Å². The maximum absolute atomic E-state index is 5.67. The molecule has 4 nitrogen and oxygen atoms in total. The van der Waals surface area contributed by atoms with Crippen LogP contribution in [0, 0.1) is 0 Å². The number of nitrogens with two attached hydrogens (primary N) is 1. The number of thiophene rings is 1. The van der Waals surface area contributed by atoms with E-state index in [1.54, 1.807) is 11.3 Å². The third-order valence-corrected chi connectivity index (χ3v) is 3.29. The average Bonchev–Trinajstić information content (AvgIpc) is 2.93. The summed E-state index contributed by atoms with van der Waals surface area (Å²) in [4.78, 5) is 2.02. The molecule has 2 N–H and O–H groups in total. The van der Waals surface area contributed by atoms with Gasteiger partial charge in [-0.1, -0.05) is 12.2 Å². The highest BCUT2D eigenvalue weighted by Crippen LogP contribution is 2.19. The molecule has 2 aliphatic rings. The molecule has 0 bridgehead atoms. The first-order chi connectivity index (χ1) is 8.33. The fourth-order valence-electron chi connectivity index (χ4n) is 1.79. The van der Waals surface area contributed by atoms with Crippen molar-refractivity contribution in [1.82, 2.24) is 10.0 Å². The highest BCUT2D eigenvalue weighted by atomic mass is 32.1. The maximum Gasteiger partial charge on any atom is 0.163 e. The van der Waals surface area contributed by atoms with Crippen molar-refractivity contribution in [3.63, 3.8) is 0 Å². The van der Waals surface area contributed by atoms with E-state index in [0.717, 1.165) is 11.4 Å². The Balaban J connectivity index is 1.85. The molecule has 0 fully saturated rings. The lowest BCUT2D eigenvalue weighted by molar-refractivity contribution is 0.271. The van der Waals surface area contributed by atoms with Gasteiger partial charge in [0, 0.05) is 11.8 Å². The number of fused-ring (bicyclic) bond motifs is 1. The van der Waals surface area contributed by atoms with E-state index in [9.17, 15) is 0 Å². The third kappa shape index (κ3) is 2.02. The van der Waals surface area contributed by atoms with E-state index in [1.165, 1.54) is 10.7 Å². The lowest BCUT2D eigenvalue weighted by atomic mass is 10.1. The lowest BCUT2D eigenvalue weighted by Gasteiger charge is -2.17. The summed E-state index contributed by atoms with van der Waals surface area (Å²) in [7, 11) is 0. The van der Waals surface area contributed by atoms with Gasteiger partial charge in [0.25, 0.3) is 0 Å². The molecule has 0 aliphatic carbocycles. The summed E-state index contributed by atoms with van der Waals surface area (Å²) in [5, 5.41) is 9.89. The summed E-state index contributed by atoms with van der Waals surface area (Å²) in [5.41, 5.74) is 2.28. The number of hydrogen-bond acceptors (Lipinski definition) is 5. The summed E-state index contributed by atoms with van der Waals surface area (Å²) in [6.07, 6.45) is 10.2. The quantitative estimate of drug-likeness (QED) is 0.809. The van der Waals surface area contributed by atoms with Crippen LogP contribution in [0.5, 0.6) is 0 Å². The average molecular weight is 244 g/mol. The number of amidine groups is 1. The first-order valence-corrected chi connectivity index (χ1v) is 6.24. The van der Waals surface area contributed by atoms with Crippen molar-refractivity contribution in [2.45, 2.75) is 0 Å². The molecule has 5 heteroatoms. The van der Waals surface area contributed by atoms with Gasteiger partial charge in [0.2, 0.25) is 0 Å². The zero-order valence-electron chi connectivity index (χ0n) is 9.15. The van der Waals surface area contributed by atoms with Crippen LogP contribution in [0.4, 0.5) is 0 Å². The molecule has 2 aliphatic heterocycles. The minimum absolute atomic E-state index is 0.607. The highest BCUT2D eigenvalue weighted by molar-refractivity contribution is 7.08. The molecule has 0 saturated carbocycles. The zero-order chi connectivity index (χ0) is 11.7. The van der Waals surface area contributed by atoms with Crippen molar-refractivity contribution in [2.24, 2.45) is 10.9 Å². The van der Waals surface area contributed by atoms with E-state index < -0.39 is 0 Å². The van der Waals surface area contributed by atoms with Crippen molar-refractivity contribution in [1.29, 1.82) is 0 Å².